The van der Waals surface area contributed by atoms with E-state index in [9.17, 15) is 4.79 Å². The predicted molar refractivity (Wildman–Crippen MR) is 169 cm³/mol. The quantitative estimate of drug-likeness (QED) is 0.191. The van der Waals surface area contributed by atoms with E-state index in [0.29, 0.717) is 15.8 Å². The number of amides is 1. The SMILES string of the molecule is CCN1C(=O)C(=CC(C=C2Sc3ccccc3N2CC)=C2[Se]c3cc(C)c4ccccc4c3N2C)SC1=S. The van der Waals surface area contributed by atoms with Crippen molar-refractivity contribution < 1.29 is 4.79 Å². The molecular formula is C30H27N3OS3Se. The Morgan fingerprint density at radius 3 is 2.42 bits per heavy atom. The molecule has 0 N–H and O–H groups in total. The molecule has 0 unspecified atom stereocenters. The van der Waals surface area contributed by atoms with Gasteiger partial charge in [-0.1, -0.05) is 0 Å². The van der Waals surface area contributed by atoms with E-state index >= 15 is 0 Å². The van der Waals surface area contributed by atoms with Crippen LogP contribution >= 0.6 is 35.7 Å². The van der Waals surface area contributed by atoms with Crippen molar-refractivity contribution >= 4 is 87.5 Å². The molecule has 0 aliphatic carbocycles. The van der Waals surface area contributed by atoms with E-state index < -0.39 is 0 Å². The molecule has 0 spiro atoms. The van der Waals surface area contributed by atoms with Gasteiger partial charge in [0, 0.05) is 0 Å². The number of likely N-dealkylation sites (N-methyl/N-ethyl adjacent to an activating group) is 1. The minimum absolute atomic E-state index is 0.000618. The zero-order valence-corrected chi connectivity index (χ0v) is 25.8. The first-order valence-corrected chi connectivity index (χ1v) is 16.4. The Hall–Kier alpha value is -2.48. The van der Waals surface area contributed by atoms with E-state index in [-0.39, 0.29) is 20.9 Å². The topological polar surface area (TPSA) is 26.8 Å². The molecule has 6 rings (SSSR count). The minimum atomic E-state index is 0.000618. The van der Waals surface area contributed by atoms with E-state index in [1.165, 1.54) is 58.5 Å². The number of carbonyl (C=O) groups is 1. The molecule has 0 aromatic heterocycles. The van der Waals surface area contributed by atoms with Gasteiger partial charge in [-0.2, -0.15) is 0 Å². The van der Waals surface area contributed by atoms with E-state index in [1.807, 2.05) is 6.92 Å². The van der Waals surface area contributed by atoms with Crippen LogP contribution in [0.15, 0.2) is 91.7 Å². The summed E-state index contributed by atoms with van der Waals surface area (Å²) >= 11 is 8.83. The molecule has 1 amide bonds. The zero-order valence-electron chi connectivity index (χ0n) is 21.6. The molecular weight excluding hydrogens is 594 g/mol. The molecule has 0 saturated carbocycles. The van der Waals surface area contributed by atoms with Crippen LogP contribution in [0.1, 0.15) is 19.4 Å². The third-order valence-electron chi connectivity index (χ3n) is 6.99. The molecule has 192 valence electrons. The predicted octanol–water partition coefficient (Wildman–Crippen LogP) is 6.38. The van der Waals surface area contributed by atoms with Crippen molar-refractivity contribution in [3.05, 3.63) is 92.4 Å². The molecule has 4 nitrogen and oxygen atoms in total. The van der Waals surface area contributed by atoms with Crippen molar-refractivity contribution in [2.75, 3.05) is 29.9 Å². The third-order valence-corrected chi connectivity index (χ3v) is 12.1. The number of carbonyl (C=O) groups excluding carboxylic acids is 1. The Balaban J connectivity index is 1.53. The van der Waals surface area contributed by atoms with Gasteiger partial charge in [-0.3, -0.25) is 0 Å². The van der Waals surface area contributed by atoms with Gasteiger partial charge in [0.2, 0.25) is 0 Å². The molecule has 1 saturated heterocycles. The Morgan fingerprint density at radius 1 is 0.974 bits per heavy atom. The molecule has 3 aliphatic rings. The van der Waals surface area contributed by atoms with Crippen LogP contribution in [-0.4, -0.2) is 50.2 Å². The van der Waals surface area contributed by atoms with Crippen molar-refractivity contribution in [2.24, 2.45) is 0 Å². The molecule has 8 heteroatoms. The summed E-state index contributed by atoms with van der Waals surface area (Å²) in [5.74, 6) is 0.000618. The number of hydrogen-bond donors (Lipinski definition) is 0. The van der Waals surface area contributed by atoms with Crippen molar-refractivity contribution in [3.8, 4) is 0 Å². The molecule has 0 bridgehead atoms. The summed E-state index contributed by atoms with van der Waals surface area (Å²) in [7, 11) is 2.17. The van der Waals surface area contributed by atoms with Gasteiger partial charge in [-0.05, 0) is 0 Å². The number of thiocarbonyl (C=S) groups is 1. The van der Waals surface area contributed by atoms with Crippen LogP contribution in [0.4, 0.5) is 11.4 Å². The maximum absolute atomic E-state index is 13.2. The maximum atomic E-state index is 13.2. The summed E-state index contributed by atoms with van der Waals surface area (Å²) in [4.78, 5) is 21.6. The summed E-state index contributed by atoms with van der Waals surface area (Å²) in [5, 5.41) is 3.75. The van der Waals surface area contributed by atoms with Gasteiger partial charge < -0.3 is 0 Å². The Morgan fingerprint density at radius 2 is 1.68 bits per heavy atom. The number of thioether (sulfide) groups is 2. The standard InChI is InChI=1S/C30H27N3OS3Se/c1-5-32-22-13-9-10-14-23(22)36-26(32)17-19(16-24-28(34)33(6-2)30(35)37-24)29-31(4)27-21-12-8-7-11-20(21)18(3)15-25(27)38-29/h7-17H,5-6H2,1-4H3. The van der Waals surface area contributed by atoms with Gasteiger partial charge in [-0.15, -0.1) is 0 Å². The van der Waals surface area contributed by atoms with E-state index in [0.717, 1.165) is 12.1 Å². The van der Waals surface area contributed by atoms with Gasteiger partial charge in [0.15, 0.2) is 0 Å². The van der Waals surface area contributed by atoms with Gasteiger partial charge in [0.1, 0.15) is 0 Å². The second-order valence-corrected chi connectivity index (χ2v) is 14.1. The Labute approximate surface area is 244 Å². The van der Waals surface area contributed by atoms with Crippen LogP contribution in [0.3, 0.4) is 0 Å². The van der Waals surface area contributed by atoms with Crippen LogP contribution in [-0.2, 0) is 4.79 Å². The number of anilines is 2. The van der Waals surface area contributed by atoms with Gasteiger partial charge in [-0.25, -0.2) is 0 Å². The molecule has 3 aliphatic heterocycles. The number of benzene rings is 3. The van der Waals surface area contributed by atoms with Crippen LogP contribution in [0.25, 0.3) is 10.8 Å². The van der Waals surface area contributed by atoms with E-state index in [4.69, 9.17) is 12.2 Å². The monoisotopic (exact) mass is 621 g/mol. The fourth-order valence-corrected chi connectivity index (χ4v) is 10.3. The molecule has 3 heterocycles. The number of nitrogens with zero attached hydrogens (tertiary/aromatic N) is 3. The number of hydrogen-bond acceptors (Lipinski definition) is 6. The zero-order chi connectivity index (χ0) is 26.6. The summed E-state index contributed by atoms with van der Waals surface area (Å²) in [6.07, 6.45) is 4.36. The molecule has 0 radical (unpaired) electrons. The van der Waals surface area contributed by atoms with Crippen molar-refractivity contribution in [2.45, 2.75) is 25.7 Å². The van der Waals surface area contributed by atoms with E-state index in [1.54, 1.807) is 16.7 Å². The van der Waals surface area contributed by atoms with Crippen LogP contribution in [0.5, 0.6) is 0 Å². The second kappa shape index (κ2) is 10.2. The number of aryl methyl sites for hydroxylation is 1. The number of para-hydroxylation sites is 1. The average Bonchev–Trinajstić information content (AvgIpc) is 3.53. The van der Waals surface area contributed by atoms with Gasteiger partial charge in [0.05, 0.1) is 0 Å². The molecule has 1 fully saturated rings. The number of fused-ring (bicyclic) bond motifs is 4. The summed E-state index contributed by atoms with van der Waals surface area (Å²) in [6.45, 7) is 7.82. The Kier molecular flexibility index (Phi) is 6.95. The molecule has 0 atom stereocenters. The molecule has 38 heavy (non-hydrogen) atoms. The summed E-state index contributed by atoms with van der Waals surface area (Å²) in [6, 6.07) is 19.6. The van der Waals surface area contributed by atoms with Crippen molar-refractivity contribution in [3.63, 3.8) is 0 Å². The Bertz CT molecular complexity index is 1610. The second-order valence-electron chi connectivity index (χ2n) is 9.23. The van der Waals surface area contributed by atoms with Crippen LogP contribution < -0.4 is 14.3 Å². The first-order valence-electron chi connectivity index (χ1n) is 12.6. The summed E-state index contributed by atoms with van der Waals surface area (Å²) < 4.78 is 3.27. The van der Waals surface area contributed by atoms with Crippen LogP contribution in [0, 0.1) is 6.92 Å². The molecule has 3 aromatic rings. The fourth-order valence-electron chi connectivity index (χ4n) is 5.16. The van der Waals surface area contributed by atoms with Crippen molar-refractivity contribution in [1.29, 1.82) is 0 Å². The number of rotatable bonds is 4. The van der Waals surface area contributed by atoms with Gasteiger partial charge in [0.25, 0.3) is 0 Å². The number of allylic oxidation sites excluding steroid dienone is 3. The summed E-state index contributed by atoms with van der Waals surface area (Å²) in [5.41, 5.74) is 4.90. The third kappa shape index (κ3) is 4.23. The average molecular weight is 621 g/mol. The fraction of sp³-hybridized carbons (Fsp3) is 0.200. The molecule has 3 aromatic carbocycles. The van der Waals surface area contributed by atoms with Crippen LogP contribution in [0.2, 0.25) is 0 Å². The first kappa shape index (κ1) is 25.8. The van der Waals surface area contributed by atoms with E-state index in [2.05, 4.69) is 97.4 Å². The van der Waals surface area contributed by atoms with Crippen molar-refractivity contribution in [1.82, 2.24) is 4.90 Å². The van der Waals surface area contributed by atoms with Gasteiger partial charge >= 0.3 is 245 Å². The first-order chi connectivity index (χ1) is 18.4. The normalized spacial score (nSPS) is 20.4.